The van der Waals surface area contributed by atoms with Gasteiger partial charge >= 0.3 is 0 Å². The van der Waals surface area contributed by atoms with Gasteiger partial charge in [-0.05, 0) is 30.7 Å². The molecule has 1 aliphatic heterocycles. The molecule has 1 saturated heterocycles. The molecule has 2 N–H and O–H groups in total. The summed E-state index contributed by atoms with van der Waals surface area (Å²) in [5.41, 5.74) is 7.53. The highest BCUT2D eigenvalue weighted by atomic mass is 16.5. The van der Waals surface area contributed by atoms with Crippen molar-refractivity contribution < 1.29 is 9.53 Å². The Morgan fingerprint density at radius 2 is 2.06 bits per heavy atom. The molecule has 1 aromatic carbocycles. The van der Waals surface area contributed by atoms with Gasteiger partial charge < -0.3 is 15.4 Å². The number of hydrogen-bond donors (Lipinski definition) is 1. The molecule has 0 aromatic heterocycles. The number of nitrogen functional groups attached to an aromatic ring is 1. The quantitative estimate of drug-likeness (QED) is 0.814. The van der Waals surface area contributed by atoms with Crippen LogP contribution in [0.1, 0.15) is 25.3 Å². The molecule has 1 aromatic rings. The topological polar surface area (TPSA) is 55.6 Å². The minimum atomic E-state index is 0.150. The lowest BCUT2D eigenvalue weighted by Crippen LogP contribution is -2.40. The Morgan fingerprint density at radius 3 is 2.61 bits per heavy atom. The molecule has 0 bridgehead atoms. The van der Waals surface area contributed by atoms with Crippen molar-refractivity contribution in [2.24, 2.45) is 0 Å². The summed E-state index contributed by atoms with van der Waals surface area (Å²) < 4.78 is 5.98. The van der Waals surface area contributed by atoms with E-state index in [1.807, 2.05) is 30.0 Å². The molecule has 1 aliphatic rings. The average Bonchev–Trinajstić information content (AvgIpc) is 2.33. The second-order valence-electron chi connectivity index (χ2n) is 4.85. The van der Waals surface area contributed by atoms with Gasteiger partial charge in [0.25, 0.3) is 0 Å². The molecular weight excluding hydrogens is 228 g/mol. The molecule has 1 fully saturated rings. The van der Waals surface area contributed by atoms with Gasteiger partial charge in [0.1, 0.15) is 11.9 Å². The molecule has 1 heterocycles. The molecule has 1 amide bonds. The van der Waals surface area contributed by atoms with E-state index in [9.17, 15) is 4.79 Å². The fraction of sp³-hybridized carbons (Fsp3) is 0.500. The maximum Gasteiger partial charge on any atom is 0.219 e. The number of carbonyl (C=O) groups excluding carboxylic acids is 1. The third-order valence-corrected chi connectivity index (χ3v) is 3.38. The van der Waals surface area contributed by atoms with Gasteiger partial charge in [-0.2, -0.15) is 0 Å². The van der Waals surface area contributed by atoms with Crippen molar-refractivity contribution in [2.75, 3.05) is 18.8 Å². The Hall–Kier alpha value is -1.71. The number of ether oxygens (including phenoxy) is 1. The highest BCUT2D eigenvalue weighted by Crippen LogP contribution is 2.24. The van der Waals surface area contributed by atoms with Crippen LogP contribution in [0, 0.1) is 6.92 Å². The SMILES string of the molecule is CC(=O)N1CCC(Oc2ccc(N)cc2C)CC1. The van der Waals surface area contributed by atoms with E-state index in [0.717, 1.165) is 42.9 Å². The van der Waals surface area contributed by atoms with Gasteiger partial charge in [-0.3, -0.25) is 4.79 Å². The number of benzene rings is 1. The largest absolute Gasteiger partial charge is 0.490 e. The molecule has 4 heteroatoms. The zero-order valence-corrected chi connectivity index (χ0v) is 11.0. The monoisotopic (exact) mass is 248 g/mol. The van der Waals surface area contributed by atoms with Gasteiger partial charge in [-0.25, -0.2) is 0 Å². The number of likely N-dealkylation sites (tertiary alicyclic amines) is 1. The summed E-state index contributed by atoms with van der Waals surface area (Å²) in [5.74, 6) is 1.04. The highest BCUT2D eigenvalue weighted by molar-refractivity contribution is 5.73. The number of carbonyl (C=O) groups is 1. The van der Waals surface area contributed by atoms with Gasteiger partial charge in [-0.15, -0.1) is 0 Å². The lowest BCUT2D eigenvalue weighted by molar-refractivity contribution is -0.130. The van der Waals surface area contributed by atoms with Gasteiger partial charge in [0.05, 0.1) is 0 Å². The number of anilines is 1. The predicted molar refractivity (Wildman–Crippen MR) is 71.5 cm³/mol. The van der Waals surface area contributed by atoms with E-state index in [4.69, 9.17) is 10.5 Å². The van der Waals surface area contributed by atoms with Crippen LogP contribution in [-0.2, 0) is 4.79 Å². The van der Waals surface area contributed by atoms with Gasteiger partial charge in [-0.1, -0.05) is 0 Å². The molecular formula is C14H20N2O2. The molecule has 0 saturated carbocycles. The summed E-state index contributed by atoms with van der Waals surface area (Å²) in [4.78, 5) is 13.1. The first kappa shape index (κ1) is 12.7. The first-order valence-electron chi connectivity index (χ1n) is 6.34. The van der Waals surface area contributed by atoms with Crippen molar-refractivity contribution in [1.82, 2.24) is 4.90 Å². The van der Waals surface area contributed by atoms with Crippen LogP contribution < -0.4 is 10.5 Å². The zero-order valence-electron chi connectivity index (χ0n) is 11.0. The number of aryl methyl sites for hydroxylation is 1. The smallest absolute Gasteiger partial charge is 0.219 e. The Balaban J connectivity index is 1.93. The Bertz CT molecular complexity index is 437. The van der Waals surface area contributed by atoms with Crippen LogP contribution in [0.25, 0.3) is 0 Å². The first-order valence-corrected chi connectivity index (χ1v) is 6.34. The third-order valence-electron chi connectivity index (χ3n) is 3.38. The molecule has 0 radical (unpaired) electrons. The summed E-state index contributed by atoms with van der Waals surface area (Å²) in [6, 6.07) is 5.69. The lowest BCUT2D eigenvalue weighted by Gasteiger charge is -2.31. The summed E-state index contributed by atoms with van der Waals surface area (Å²) in [6.07, 6.45) is 1.98. The molecule has 0 aliphatic carbocycles. The third kappa shape index (κ3) is 2.94. The minimum Gasteiger partial charge on any atom is -0.490 e. The van der Waals surface area contributed by atoms with Crippen LogP contribution in [0.2, 0.25) is 0 Å². The molecule has 0 spiro atoms. The maximum atomic E-state index is 11.2. The fourth-order valence-corrected chi connectivity index (χ4v) is 2.27. The zero-order chi connectivity index (χ0) is 13.1. The Morgan fingerprint density at radius 1 is 1.39 bits per heavy atom. The number of piperidine rings is 1. The minimum absolute atomic E-state index is 0.150. The number of nitrogens with two attached hydrogens (primary N) is 1. The van der Waals surface area contributed by atoms with Gasteiger partial charge in [0.2, 0.25) is 5.91 Å². The Labute approximate surface area is 108 Å². The van der Waals surface area contributed by atoms with Crippen LogP contribution in [-0.4, -0.2) is 30.0 Å². The van der Waals surface area contributed by atoms with E-state index in [1.165, 1.54) is 0 Å². The summed E-state index contributed by atoms with van der Waals surface area (Å²) in [6.45, 7) is 5.18. The van der Waals surface area contributed by atoms with Crippen molar-refractivity contribution in [3.05, 3.63) is 23.8 Å². The van der Waals surface area contributed by atoms with Crippen molar-refractivity contribution in [3.8, 4) is 5.75 Å². The maximum absolute atomic E-state index is 11.2. The van der Waals surface area contributed by atoms with Crippen LogP contribution in [0.15, 0.2) is 18.2 Å². The van der Waals surface area contributed by atoms with Crippen LogP contribution in [0.4, 0.5) is 5.69 Å². The van der Waals surface area contributed by atoms with Crippen LogP contribution in [0.3, 0.4) is 0 Å². The van der Waals surface area contributed by atoms with Crippen LogP contribution in [0.5, 0.6) is 5.75 Å². The summed E-state index contributed by atoms with van der Waals surface area (Å²) >= 11 is 0. The van der Waals surface area contributed by atoms with E-state index in [-0.39, 0.29) is 12.0 Å². The van der Waals surface area contributed by atoms with E-state index in [0.29, 0.717) is 0 Å². The second kappa shape index (κ2) is 5.29. The van der Waals surface area contributed by atoms with Crippen molar-refractivity contribution in [1.29, 1.82) is 0 Å². The molecule has 2 rings (SSSR count). The van der Waals surface area contributed by atoms with E-state index < -0.39 is 0 Å². The molecule has 18 heavy (non-hydrogen) atoms. The normalized spacial score (nSPS) is 16.7. The molecule has 4 nitrogen and oxygen atoms in total. The Kier molecular flexibility index (Phi) is 3.75. The number of amides is 1. The van der Waals surface area contributed by atoms with Gasteiger partial charge in [0, 0.05) is 38.5 Å². The standard InChI is InChI=1S/C14H20N2O2/c1-10-9-12(15)3-4-14(10)18-13-5-7-16(8-6-13)11(2)17/h3-4,9,13H,5-8,15H2,1-2H3. The fourth-order valence-electron chi connectivity index (χ4n) is 2.27. The highest BCUT2D eigenvalue weighted by Gasteiger charge is 2.22. The van der Waals surface area contributed by atoms with E-state index in [1.54, 1.807) is 6.92 Å². The van der Waals surface area contributed by atoms with E-state index in [2.05, 4.69) is 0 Å². The predicted octanol–water partition coefficient (Wildman–Crippen LogP) is 1.97. The van der Waals surface area contributed by atoms with E-state index >= 15 is 0 Å². The molecule has 98 valence electrons. The number of nitrogens with zero attached hydrogens (tertiary/aromatic N) is 1. The van der Waals surface area contributed by atoms with Crippen molar-refractivity contribution in [2.45, 2.75) is 32.8 Å². The first-order chi connectivity index (χ1) is 8.56. The van der Waals surface area contributed by atoms with Crippen molar-refractivity contribution >= 4 is 11.6 Å². The summed E-state index contributed by atoms with van der Waals surface area (Å²) in [5, 5.41) is 0. The van der Waals surface area contributed by atoms with Crippen LogP contribution >= 0.6 is 0 Å². The summed E-state index contributed by atoms with van der Waals surface area (Å²) in [7, 11) is 0. The van der Waals surface area contributed by atoms with Gasteiger partial charge in [0.15, 0.2) is 0 Å². The molecule has 0 unspecified atom stereocenters. The number of rotatable bonds is 2. The second-order valence-corrected chi connectivity index (χ2v) is 4.85. The number of hydrogen-bond acceptors (Lipinski definition) is 3. The lowest BCUT2D eigenvalue weighted by atomic mass is 10.1. The van der Waals surface area contributed by atoms with Crippen molar-refractivity contribution in [3.63, 3.8) is 0 Å². The average molecular weight is 248 g/mol. The molecule has 0 atom stereocenters.